The lowest BCUT2D eigenvalue weighted by Crippen LogP contribution is -2.12. The Morgan fingerprint density at radius 1 is 1.08 bits per heavy atom. The summed E-state index contributed by atoms with van der Waals surface area (Å²) in [6.45, 7) is 5.64. The maximum absolute atomic E-state index is 13.3. The van der Waals surface area contributed by atoms with Gasteiger partial charge >= 0.3 is 0 Å². The third-order valence-electron chi connectivity index (χ3n) is 3.71. The van der Waals surface area contributed by atoms with Crippen molar-refractivity contribution in [1.29, 1.82) is 0 Å². The van der Waals surface area contributed by atoms with E-state index in [9.17, 15) is 8.78 Å². The van der Waals surface area contributed by atoms with E-state index >= 15 is 0 Å². The monoisotopic (exact) mass is 334 g/mol. The van der Waals surface area contributed by atoms with Gasteiger partial charge in [0.2, 0.25) is 0 Å². The van der Waals surface area contributed by atoms with Crippen molar-refractivity contribution >= 4 is 0 Å². The number of pyridine rings is 2. The molecule has 1 atom stereocenters. The zero-order chi connectivity index (χ0) is 17.5. The molecule has 3 nitrogen and oxygen atoms in total. The van der Waals surface area contributed by atoms with E-state index in [1.165, 1.54) is 6.20 Å². The SMILES string of the molecule is CC(C)CC(C)COc1ccc(-c2ccnc(CF)c2)nc1CF. The predicted molar refractivity (Wildman–Crippen MR) is 91.2 cm³/mol. The number of aromatic nitrogens is 2. The number of hydrogen-bond acceptors (Lipinski definition) is 3. The molecule has 5 heteroatoms. The van der Waals surface area contributed by atoms with Gasteiger partial charge in [-0.15, -0.1) is 0 Å². The van der Waals surface area contributed by atoms with Gasteiger partial charge in [0, 0.05) is 11.8 Å². The number of alkyl halides is 2. The van der Waals surface area contributed by atoms with Crippen LogP contribution in [0.25, 0.3) is 11.3 Å². The molecule has 0 bridgehead atoms. The average molecular weight is 334 g/mol. The molecule has 0 fully saturated rings. The van der Waals surface area contributed by atoms with Crippen LogP contribution in [0.3, 0.4) is 0 Å². The number of hydrogen-bond donors (Lipinski definition) is 0. The van der Waals surface area contributed by atoms with Crippen LogP contribution in [0, 0.1) is 11.8 Å². The van der Waals surface area contributed by atoms with Crippen molar-refractivity contribution in [3.05, 3.63) is 41.9 Å². The van der Waals surface area contributed by atoms with Crippen LogP contribution in [0.2, 0.25) is 0 Å². The van der Waals surface area contributed by atoms with Crippen LogP contribution in [0.15, 0.2) is 30.5 Å². The van der Waals surface area contributed by atoms with Crippen molar-refractivity contribution in [2.75, 3.05) is 6.61 Å². The van der Waals surface area contributed by atoms with Crippen LogP contribution in [0.5, 0.6) is 5.75 Å². The Balaban J connectivity index is 2.15. The van der Waals surface area contributed by atoms with Crippen LogP contribution < -0.4 is 4.74 Å². The highest BCUT2D eigenvalue weighted by molar-refractivity contribution is 5.60. The number of nitrogens with zero attached hydrogens (tertiary/aromatic N) is 2. The van der Waals surface area contributed by atoms with Gasteiger partial charge in [0.25, 0.3) is 0 Å². The molecule has 0 aliphatic carbocycles. The number of halogens is 2. The number of ether oxygens (including phenoxy) is 1. The normalized spacial score (nSPS) is 12.4. The van der Waals surface area contributed by atoms with Gasteiger partial charge < -0.3 is 4.74 Å². The first-order valence-electron chi connectivity index (χ1n) is 8.23. The second-order valence-corrected chi connectivity index (χ2v) is 6.49. The van der Waals surface area contributed by atoms with E-state index in [2.05, 4.69) is 30.7 Å². The van der Waals surface area contributed by atoms with Crippen LogP contribution in [0.1, 0.15) is 38.6 Å². The largest absolute Gasteiger partial charge is 0.491 e. The van der Waals surface area contributed by atoms with Crippen LogP contribution in [-0.2, 0) is 13.3 Å². The van der Waals surface area contributed by atoms with Crippen molar-refractivity contribution in [2.24, 2.45) is 11.8 Å². The van der Waals surface area contributed by atoms with Gasteiger partial charge in [0.05, 0.1) is 18.0 Å². The van der Waals surface area contributed by atoms with E-state index in [0.29, 0.717) is 41.1 Å². The molecule has 2 rings (SSSR count). The van der Waals surface area contributed by atoms with Crippen molar-refractivity contribution in [3.8, 4) is 17.0 Å². The van der Waals surface area contributed by atoms with E-state index in [1.54, 1.807) is 24.3 Å². The summed E-state index contributed by atoms with van der Waals surface area (Å²) in [5, 5.41) is 0. The molecule has 2 heterocycles. The lowest BCUT2D eigenvalue weighted by atomic mass is 10.00. The first-order valence-corrected chi connectivity index (χ1v) is 8.23. The summed E-state index contributed by atoms with van der Waals surface area (Å²) in [5.74, 6) is 1.46. The Morgan fingerprint density at radius 3 is 2.54 bits per heavy atom. The molecule has 0 aromatic carbocycles. The topological polar surface area (TPSA) is 35.0 Å². The van der Waals surface area contributed by atoms with Crippen molar-refractivity contribution in [2.45, 2.75) is 40.5 Å². The molecule has 0 saturated carbocycles. The van der Waals surface area contributed by atoms with Crippen LogP contribution in [0.4, 0.5) is 8.78 Å². The minimum atomic E-state index is -0.706. The number of rotatable bonds is 8. The van der Waals surface area contributed by atoms with Crippen LogP contribution >= 0.6 is 0 Å². The average Bonchev–Trinajstić information content (AvgIpc) is 2.59. The zero-order valence-corrected chi connectivity index (χ0v) is 14.4. The Kier molecular flexibility index (Phi) is 6.64. The minimum absolute atomic E-state index is 0.267. The first-order chi connectivity index (χ1) is 11.5. The molecule has 0 radical (unpaired) electrons. The fraction of sp³-hybridized carbons (Fsp3) is 0.474. The molecular formula is C19H24F2N2O. The van der Waals surface area contributed by atoms with Crippen molar-refractivity contribution < 1.29 is 13.5 Å². The second kappa shape index (κ2) is 8.71. The van der Waals surface area contributed by atoms with Gasteiger partial charge in [-0.25, -0.2) is 13.8 Å². The van der Waals surface area contributed by atoms with Gasteiger partial charge in [-0.05, 0) is 42.5 Å². The molecule has 1 unspecified atom stereocenters. The summed E-state index contributed by atoms with van der Waals surface area (Å²) < 4.78 is 31.8. The minimum Gasteiger partial charge on any atom is -0.491 e. The zero-order valence-electron chi connectivity index (χ0n) is 14.4. The molecule has 0 spiro atoms. The standard InChI is InChI=1S/C19H24F2N2O/c1-13(2)8-14(3)12-24-19-5-4-17(23-18(19)11-21)15-6-7-22-16(9-15)10-20/h4-7,9,13-14H,8,10-12H2,1-3H3. The Morgan fingerprint density at radius 2 is 1.88 bits per heavy atom. The first kappa shape index (κ1) is 18.3. The third-order valence-corrected chi connectivity index (χ3v) is 3.71. The predicted octanol–water partition coefficient (Wildman–Crippen LogP) is 5.14. The maximum atomic E-state index is 13.3. The molecule has 2 aromatic rings. The molecule has 0 amide bonds. The van der Waals surface area contributed by atoms with Gasteiger partial charge in [-0.2, -0.15) is 0 Å². The van der Waals surface area contributed by atoms with E-state index in [0.717, 1.165) is 6.42 Å². The fourth-order valence-electron chi connectivity index (χ4n) is 2.69. The molecule has 0 N–H and O–H groups in total. The lowest BCUT2D eigenvalue weighted by molar-refractivity contribution is 0.234. The van der Waals surface area contributed by atoms with Gasteiger partial charge in [-0.3, -0.25) is 4.98 Å². The quantitative estimate of drug-likeness (QED) is 0.670. The summed E-state index contributed by atoms with van der Waals surface area (Å²) in [5.41, 5.74) is 1.90. The van der Waals surface area contributed by atoms with Gasteiger partial charge in [0.1, 0.15) is 24.8 Å². The molecule has 24 heavy (non-hydrogen) atoms. The fourth-order valence-corrected chi connectivity index (χ4v) is 2.69. The smallest absolute Gasteiger partial charge is 0.143 e. The molecule has 2 aromatic heterocycles. The summed E-state index contributed by atoms with van der Waals surface area (Å²) in [7, 11) is 0. The van der Waals surface area contributed by atoms with Gasteiger partial charge in [-0.1, -0.05) is 20.8 Å². The van der Waals surface area contributed by atoms with Crippen molar-refractivity contribution in [3.63, 3.8) is 0 Å². The lowest BCUT2D eigenvalue weighted by Gasteiger charge is -2.16. The van der Waals surface area contributed by atoms with E-state index < -0.39 is 13.3 Å². The Labute approximate surface area is 142 Å². The summed E-state index contributed by atoms with van der Waals surface area (Å²) in [6, 6.07) is 6.85. The Bertz CT molecular complexity index is 662. The second-order valence-electron chi connectivity index (χ2n) is 6.49. The molecule has 0 aliphatic heterocycles. The van der Waals surface area contributed by atoms with Crippen LogP contribution in [-0.4, -0.2) is 16.6 Å². The van der Waals surface area contributed by atoms with Gasteiger partial charge in [0.15, 0.2) is 0 Å². The van der Waals surface area contributed by atoms with Crippen molar-refractivity contribution in [1.82, 2.24) is 9.97 Å². The molecule has 0 aliphatic rings. The summed E-state index contributed by atoms with van der Waals surface area (Å²) in [6.07, 6.45) is 2.58. The molecular weight excluding hydrogens is 310 g/mol. The van der Waals surface area contributed by atoms with E-state index in [-0.39, 0.29) is 5.69 Å². The Hall–Kier alpha value is -2.04. The highest BCUT2D eigenvalue weighted by Gasteiger charge is 2.12. The maximum Gasteiger partial charge on any atom is 0.143 e. The molecule has 130 valence electrons. The highest BCUT2D eigenvalue weighted by atomic mass is 19.1. The summed E-state index contributed by atoms with van der Waals surface area (Å²) in [4.78, 5) is 8.24. The molecule has 0 saturated heterocycles. The van der Waals surface area contributed by atoms with E-state index in [1.807, 2.05) is 0 Å². The highest BCUT2D eigenvalue weighted by Crippen LogP contribution is 2.25. The van der Waals surface area contributed by atoms with E-state index in [4.69, 9.17) is 4.74 Å². The third kappa shape index (κ3) is 4.98. The summed E-state index contributed by atoms with van der Waals surface area (Å²) >= 11 is 0.